The Morgan fingerprint density at radius 2 is 0.950 bits per heavy atom. The van der Waals surface area contributed by atoms with Crippen LogP contribution in [-0.4, -0.2) is 0 Å². The fourth-order valence-electron chi connectivity index (χ4n) is 2.12. The molecule has 20 heavy (non-hydrogen) atoms. The molecule has 0 heterocycles. The lowest BCUT2D eigenvalue weighted by Crippen LogP contribution is -2.07. The third-order valence-corrected chi connectivity index (χ3v) is 5.86. The maximum absolute atomic E-state index is 6.59. The van der Waals surface area contributed by atoms with E-state index in [0.717, 1.165) is 0 Å². The van der Waals surface area contributed by atoms with Crippen molar-refractivity contribution in [3.63, 3.8) is 0 Å². The van der Waals surface area contributed by atoms with Crippen molar-refractivity contribution in [1.82, 2.24) is 0 Å². The van der Waals surface area contributed by atoms with Crippen molar-refractivity contribution in [2.75, 3.05) is 0 Å². The Bertz CT molecular complexity index is 663. The zero-order valence-electron chi connectivity index (χ0n) is 10.9. The van der Waals surface area contributed by atoms with E-state index in [1.165, 1.54) is 21.7 Å². The predicted octanol–water partition coefficient (Wildman–Crippen LogP) is 4.94. The Balaban J connectivity index is 1.87. The van der Waals surface area contributed by atoms with Gasteiger partial charge >= 0.3 is 0 Å². The molecule has 0 aliphatic carbocycles. The summed E-state index contributed by atoms with van der Waals surface area (Å²) in [5.74, 6) is 0. The van der Waals surface area contributed by atoms with Gasteiger partial charge in [0.1, 0.15) is 0 Å². The molecule has 0 radical (unpaired) electrons. The van der Waals surface area contributed by atoms with Crippen LogP contribution in [0.3, 0.4) is 0 Å². The SMILES string of the molecule is ClP(c1ccccc1)c1ccc(-c2ccccc2)cc1. The molecule has 0 nitrogen and oxygen atoms in total. The number of hydrogen-bond acceptors (Lipinski definition) is 0. The van der Waals surface area contributed by atoms with Crippen LogP contribution in [0.4, 0.5) is 0 Å². The number of benzene rings is 3. The van der Waals surface area contributed by atoms with E-state index in [1.54, 1.807) is 0 Å². The largest absolute Gasteiger partial charge is 0.0859 e. The molecular formula is C18H14ClP. The minimum Gasteiger partial charge on any atom is -0.0859 e. The third kappa shape index (κ3) is 2.93. The minimum absolute atomic E-state index is 0.780. The molecule has 0 N–H and O–H groups in total. The third-order valence-electron chi connectivity index (χ3n) is 3.18. The molecule has 3 rings (SSSR count). The zero-order chi connectivity index (χ0) is 13.8. The maximum Gasteiger partial charge on any atom is 0.0524 e. The molecule has 0 aliphatic heterocycles. The smallest absolute Gasteiger partial charge is 0.0524 e. The highest BCUT2D eigenvalue weighted by molar-refractivity contribution is 7.95. The summed E-state index contributed by atoms with van der Waals surface area (Å²) in [6.07, 6.45) is 0. The van der Waals surface area contributed by atoms with Crippen LogP contribution in [0.1, 0.15) is 0 Å². The molecule has 0 aliphatic rings. The van der Waals surface area contributed by atoms with Gasteiger partial charge in [-0.25, -0.2) is 0 Å². The van der Waals surface area contributed by atoms with E-state index in [2.05, 4.69) is 60.7 Å². The van der Waals surface area contributed by atoms with Crippen LogP contribution in [0.2, 0.25) is 0 Å². The minimum atomic E-state index is -0.780. The molecule has 0 spiro atoms. The van der Waals surface area contributed by atoms with E-state index in [1.807, 2.05) is 24.3 Å². The summed E-state index contributed by atoms with van der Waals surface area (Å²) < 4.78 is 0. The van der Waals surface area contributed by atoms with Gasteiger partial charge in [0.25, 0.3) is 0 Å². The predicted molar refractivity (Wildman–Crippen MR) is 90.4 cm³/mol. The quantitative estimate of drug-likeness (QED) is 0.601. The van der Waals surface area contributed by atoms with Gasteiger partial charge in [0.05, 0.1) is 7.27 Å². The fraction of sp³-hybridized carbons (Fsp3) is 0. The first kappa shape index (κ1) is 13.4. The summed E-state index contributed by atoms with van der Waals surface area (Å²) in [6.45, 7) is 0. The molecule has 0 amide bonds. The number of hydrogen-bond donors (Lipinski definition) is 0. The highest BCUT2D eigenvalue weighted by Crippen LogP contribution is 2.39. The van der Waals surface area contributed by atoms with Crippen LogP contribution in [-0.2, 0) is 0 Å². The van der Waals surface area contributed by atoms with Crippen LogP contribution in [0, 0.1) is 0 Å². The van der Waals surface area contributed by atoms with Crippen LogP contribution < -0.4 is 10.6 Å². The van der Waals surface area contributed by atoms with Gasteiger partial charge in [-0.15, -0.1) is 0 Å². The molecule has 98 valence electrons. The molecule has 3 aromatic carbocycles. The van der Waals surface area contributed by atoms with Gasteiger partial charge in [0.2, 0.25) is 0 Å². The van der Waals surface area contributed by atoms with Gasteiger partial charge in [0, 0.05) is 0 Å². The first-order valence-corrected chi connectivity index (χ1v) is 8.76. The Morgan fingerprint density at radius 3 is 1.55 bits per heavy atom. The lowest BCUT2D eigenvalue weighted by Gasteiger charge is -2.11. The molecule has 0 aromatic heterocycles. The van der Waals surface area contributed by atoms with Gasteiger partial charge in [-0.2, -0.15) is 0 Å². The second-order valence-electron chi connectivity index (χ2n) is 4.53. The van der Waals surface area contributed by atoms with Crippen molar-refractivity contribution >= 4 is 29.1 Å². The second-order valence-corrected chi connectivity index (χ2v) is 7.14. The lowest BCUT2D eigenvalue weighted by molar-refractivity contribution is 1.64. The molecule has 0 saturated carbocycles. The van der Waals surface area contributed by atoms with E-state index in [9.17, 15) is 0 Å². The summed E-state index contributed by atoms with van der Waals surface area (Å²) in [4.78, 5) is 0. The van der Waals surface area contributed by atoms with Gasteiger partial charge in [-0.3, -0.25) is 0 Å². The van der Waals surface area contributed by atoms with Crippen molar-refractivity contribution in [3.05, 3.63) is 84.9 Å². The summed E-state index contributed by atoms with van der Waals surface area (Å²) in [6, 6.07) is 29.2. The van der Waals surface area contributed by atoms with Gasteiger partial charge in [-0.1, -0.05) is 96.2 Å². The molecule has 0 fully saturated rings. The van der Waals surface area contributed by atoms with Crippen LogP contribution in [0.25, 0.3) is 11.1 Å². The van der Waals surface area contributed by atoms with Crippen LogP contribution in [0.15, 0.2) is 84.9 Å². The molecule has 2 heteroatoms. The van der Waals surface area contributed by atoms with Crippen molar-refractivity contribution in [3.8, 4) is 11.1 Å². The van der Waals surface area contributed by atoms with Crippen molar-refractivity contribution < 1.29 is 0 Å². The van der Waals surface area contributed by atoms with E-state index in [-0.39, 0.29) is 0 Å². The second kappa shape index (κ2) is 6.22. The standard InChI is InChI=1S/C18H14ClP/c19-20(17-9-5-2-6-10-17)18-13-11-16(12-14-18)15-7-3-1-4-8-15/h1-14H. The van der Waals surface area contributed by atoms with Crippen molar-refractivity contribution in [1.29, 1.82) is 0 Å². The average Bonchev–Trinajstić information content (AvgIpc) is 2.56. The van der Waals surface area contributed by atoms with Crippen molar-refractivity contribution in [2.45, 2.75) is 0 Å². The number of rotatable bonds is 3. The van der Waals surface area contributed by atoms with Crippen molar-refractivity contribution in [2.24, 2.45) is 0 Å². The number of halogens is 1. The Kier molecular flexibility index (Phi) is 4.16. The average molecular weight is 297 g/mol. The first-order chi connectivity index (χ1) is 9.84. The Hall–Kier alpha value is -1.62. The zero-order valence-corrected chi connectivity index (χ0v) is 12.6. The van der Waals surface area contributed by atoms with E-state index < -0.39 is 7.27 Å². The molecule has 0 saturated heterocycles. The highest BCUT2D eigenvalue weighted by Gasteiger charge is 2.10. The molecule has 1 atom stereocenters. The summed E-state index contributed by atoms with van der Waals surface area (Å²) in [5.41, 5.74) is 2.46. The normalized spacial score (nSPS) is 12.1. The van der Waals surface area contributed by atoms with Crippen LogP contribution in [0.5, 0.6) is 0 Å². The topological polar surface area (TPSA) is 0 Å². The molecule has 3 aromatic rings. The monoisotopic (exact) mass is 296 g/mol. The molecule has 1 unspecified atom stereocenters. The van der Waals surface area contributed by atoms with Gasteiger partial charge in [-0.05, 0) is 21.7 Å². The Labute approximate surface area is 125 Å². The molecule has 0 bridgehead atoms. The Morgan fingerprint density at radius 1 is 0.500 bits per heavy atom. The summed E-state index contributed by atoms with van der Waals surface area (Å²) >= 11 is 6.59. The maximum atomic E-state index is 6.59. The lowest BCUT2D eigenvalue weighted by atomic mass is 10.1. The van der Waals surface area contributed by atoms with Crippen LogP contribution >= 0.6 is 18.5 Å². The first-order valence-electron chi connectivity index (χ1n) is 6.51. The van der Waals surface area contributed by atoms with E-state index >= 15 is 0 Å². The van der Waals surface area contributed by atoms with Gasteiger partial charge in [0.15, 0.2) is 0 Å². The van der Waals surface area contributed by atoms with E-state index in [4.69, 9.17) is 11.2 Å². The summed E-state index contributed by atoms with van der Waals surface area (Å²) in [5, 5.41) is 2.38. The highest BCUT2D eigenvalue weighted by atomic mass is 35.7. The summed E-state index contributed by atoms with van der Waals surface area (Å²) in [7, 11) is -0.780. The van der Waals surface area contributed by atoms with Gasteiger partial charge < -0.3 is 0 Å². The molecular weight excluding hydrogens is 283 g/mol. The fourth-order valence-corrected chi connectivity index (χ4v) is 3.94. The van der Waals surface area contributed by atoms with E-state index in [0.29, 0.717) is 0 Å².